The van der Waals surface area contributed by atoms with Gasteiger partial charge in [0.05, 0.1) is 0 Å². The topological polar surface area (TPSA) is 172 Å². The van der Waals surface area contributed by atoms with Crippen LogP contribution in [0.3, 0.4) is 0 Å². The predicted octanol–water partition coefficient (Wildman–Crippen LogP) is -1.08. The maximum absolute atomic E-state index is 11.2. The monoisotopic (exact) mass is 370 g/mol. The van der Waals surface area contributed by atoms with Crippen LogP contribution in [0.25, 0.3) is 10.8 Å². The second-order valence-electron chi connectivity index (χ2n) is 3.56. The van der Waals surface area contributed by atoms with Gasteiger partial charge in [-0.15, -0.1) is 0 Å². The average molecular weight is 370 g/mol. The van der Waals surface area contributed by atoms with Gasteiger partial charge in [0.2, 0.25) is 0 Å². The fraction of sp³-hybridized carbons (Fsp3) is 0. The van der Waals surface area contributed by atoms with E-state index in [2.05, 4.69) is 0 Å². The molecule has 0 aliphatic heterocycles. The summed E-state index contributed by atoms with van der Waals surface area (Å²) in [5, 5.41) is 0.0465. The summed E-state index contributed by atoms with van der Waals surface area (Å²) in [5.41, 5.74) is 0. The van der Waals surface area contributed by atoms with Crippen molar-refractivity contribution < 1.29 is 36.9 Å². The van der Waals surface area contributed by atoms with Crippen LogP contribution in [0.5, 0.6) is 0 Å². The Kier molecular flexibility index (Phi) is 12.0. The second-order valence-corrected chi connectivity index (χ2v) is 6.34. The van der Waals surface area contributed by atoms with E-state index in [9.17, 15) is 16.8 Å². The van der Waals surface area contributed by atoms with E-state index in [0.29, 0.717) is 0 Å². The molecule has 0 saturated heterocycles. The van der Waals surface area contributed by atoms with E-state index in [1.165, 1.54) is 24.3 Å². The molecular weight excluding hydrogens is 358 g/mol. The summed E-state index contributed by atoms with van der Waals surface area (Å²) in [5.74, 6) is 0. The third-order valence-corrected chi connectivity index (χ3v) is 4.22. The fourth-order valence-electron chi connectivity index (χ4n) is 1.70. The summed E-state index contributed by atoms with van der Waals surface area (Å²) < 4.78 is 62.7. The normalized spacial score (nSPS) is 10.5. The Balaban J connectivity index is -0.000000902. The Morgan fingerprint density at radius 1 is 0.636 bits per heavy atom. The predicted molar refractivity (Wildman–Crippen MR) is 82.3 cm³/mol. The molecular formula is C10H12Na2O8S2. The van der Waals surface area contributed by atoms with E-state index < -0.39 is 30.0 Å². The summed E-state index contributed by atoms with van der Waals surface area (Å²) in [4.78, 5) is -0.823. The Labute approximate surface area is 171 Å². The Hall–Kier alpha value is 0.440. The zero-order valence-electron chi connectivity index (χ0n) is 11.8. The number of benzene rings is 2. The van der Waals surface area contributed by atoms with Crippen LogP contribution in [0.1, 0.15) is 0 Å². The van der Waals surface area contributed by atoms with Crippen LogP contribution in [-0.4, -0.2) is 96.0 Å². The molecule has 2 radical (unpaired) electrons. The number of hydrogen-bond acceptors (Lipinski definition) is 4. The molecule has 0 aromatic heterocycles. The number of fused-ring (bicyclic) bond motifs is 1. The van der Waals surface area contributed by atoms with Crippen molar-refractivity contribution in [3.63, 3.8) is 0 Å². The molecule has 0 spiro atoms. The minimum absolute atomic E-state index is 0. The fourth-order valence-corrected chi connectivity index (χ4v) is 3.12. The van der Waals surface area contributed by atoms with Crippen LogP contribution in [0.2, 0.25) is 0 Å². The van der Waals surface area contributed by atoms with Gasteiger partial charge in [0.25, 0.3) is 20.2 Å². The van der Waals surface area contributed by atoms with Crippen molar-refractivity contribution in [2.24, 2.45) is 0 Å². The first-order valence-electron chi connectivity index (χ1n) is 4.68. The van der Waals surface area contributed by atoms with Crippen molar-refractivity contribution in [2.45, 2.75) is 9.79 Å². The first-order chi connectivity index (χ1) is 8.21. The third-order valence-electron chi connectivity index (χ3n) is 2.40. The molecule has 6 N–H and O–H groups in total. The van der Waals surface area contributed by atoms with Gasteiger partial charge in [0.15, 0.2) is 0 Å². The summed E-state index contributed by atoms with van der Waals surface area (Å²) in [7, 11) is -8.94. The van der Waals surface area contributed by atoms with Gasteiger partial charge in [-0.3, -0.25) is 9.11 Å². The minimum Gasteiger partial charge on any atom is -0.412 e. The van der Waals surface area contributed by atoms with E-state index >= 15 is 0 Å². The van der Waals surface area contributed by atoms with Gasteiger partial charge >= 0.3 is 0 Å². The van der Waals surface area contributed by atoms with Gasteiger partial charge in [-0.1, -0.05) is 24.3 Å². The smallest absolute Gasteiger partial charge is 0.295 e. The van der Waals surface area contributed by atoms with Crippen LogP contribution < -0.4 is 0 Å². The van der Waals surface area contributed by atoms with Crippen molar-refractivity contribution in [1.82, 2.24) is 0 Å². The average Bonchev–Trinajstić information content (AvgIpc) is 2.24. The maximum Gasteiger partial charge on any atom is 0.295 e. The molecule has 0 atom stereocenters. The maximum atomic E-state index is 11.2. The van der Waals surface area contributed by atoms with Gasteiger partial charge in [0.1, 0.15) is 9.79 Å². The van der Waals surface area contributed by atoms with Crippen molar-refractivity contribution in [3.05, 3.63) is 36.4 Å². The molecule has 114 valence electrons. The van der Waals surface area contributed by atoms with E-state index in [1.807, 2.05) is 0 Å². The molecule has 0 fully saturated rings. The number of rotatable bonds is 2. The Morgan fingerprint density at radius 2 is 0.909 bits per heavy atom. The van der Waals surface area contributed by atoms with Crippen molar-refractivity contribution in [1.29, 1.82) is 0 Å². The molecule has 0 aliphatic carbocycles. The molecule has 2 aromatic rings. The summed E-state index contributed by atoms with van der Waals surface area (Å²) in [6.45, 7) is 0. The van der Waals surface area contributed by atoms with E-state index in [-0.39, 0.29) is 80.8 Å². The van der Waals surface area contributed by atoms with Crippen molar-refractivity contribution in [3.8, 4) is 0 Å². The third kappa shape index (κ3) is 5.82. The van der Waals surface area contributed by atoms with Crippen LogP contribution in [0.4, 0.5) is 0 Å². The van der Waals surface area contributed by atoms with Crippen LogP contribution in [0, 0.1) is 0 Å². The van der Waals surface area contributed by atoms with E-state index in [4.69, 9.17) is 9.11 Å². The quantitative estimate of drug-likeness (QED) is 0.503. The minimum atomic E-state index is -4.47. The molecule has 8 nitrogen and oxygen atoms in total. The zero-order valence-corrected chi connectivity index (χ0v) is 17.4. The summed E-state index contributed by atoms with van der Waals surface area (Å²) >= 11 is 0. The van der Waals surface area contributed by atoms with Gasteiger partial charge in [-0.2, -0.15) is 16.8 Å². The van der Waals surface area contributed by atoms with Gasteiger partial charge < -0.3 is 11.0 Å². The van der Waals surface area contributed by atoms with Gasteiger partial charge in [-0.25, -0.2) is 0 Å². The second kappa shape index (κ2) is 9.67. The molecule has 0 saturated carbocycles. The Morgan fingerprint density at radius 3 is 1.14 bits per heavy atom. The molecule has 2 rings (SSSR count). The molecule has 0 unspecified atom stereocenters. The van der Waals surface area contributed by atoms with E-state index in [1.54, 1.807) is 0 Å². The van der Waals surface area contributed by atoms with Crippen molar-refractivity contribution in [2.75, 3.05) is 0 Å². The van der Waals surface area contributed by atoms with Gasteiger partial charge in [-0.05, 0) is 12.1 Å². The largest absolute Gasteiger partial charge is 0.412 e. The van der Waals surface area contributed by atoms with Gasteiger partial charge in [0, 0.05) is 69.9 Å². The van der Waals surface area contributed by atoms with Crippen molar-refractivity contribution >= 4 is 90.1 Å². The summed E-state index contributed by atoms with van der Waals surface area (Å²) in [6.07, 6.45) is 0. The molecule has 0 heterocycles. The standard InChI is InChI=1S/C10H8O6S2.2Na.2H2O/c11-17(12,13)9-5-1-3-7-8(9)4-2-6-10(7)18(14,15)16;;;;/h1-6H,(H,11,12,13)(H,14,15,16);;;2*1H2. The Bertz CT molecular complexity index is 762. The van der Waals surface area contributed by atoms with Crippen LogP contribution in [0.15, 0.2) is 46.2 Å². The molecule has 0 bridgehead atoms. The first-order valence-corrected chi connectivity index (χ1v) is 7.56. The van der Waals surface area contributed by atoms with Crippen LogP contribution >= 0.6 is 0 Å². The molecule has 22 heavy (non-hydrogen) atoms. The molecule has 0 amide bonds. The summed E-state index contributed by atoms with van der Waals surface area (Å²) in [6, 6.07) is 7.53. The van der Waals surface area contributed by atoms with Crippen LogP contribution in [-0.2, 0) is 20.2 Å². The molecule has 2 aromatic carbocycles. The number of hydrogen-bond donors (Lipinski definition) is 2. The SMILES string of the molecule is O.O.O=S(=O)(O)c1cccc2c(S(=O)(=O)O)cccc12.[Na].[Na]. The molecule has 0 aliphatic rings. The zero-order chi connectivity index (χ0) is 13.6. The first kappa shape index (κ1) is 27.3. The molecule has 12 heteroatoms. The van der Waals surface area contributed by atoms with E-state index in [0.717, 1.165) is 12.1 Å².